The van der Waals surface area contributed by atoms with Gasteiger partial charge in [0.25, 0.3) is 0 Å². The molecule has 0 amide bonds. The maximum atomic E-state index is 9.75. The molecule has 1 aliphatic carbocycles. The van der Waals surface area contributed by atoms with Gasteiger partial charge in [-0.05, 0) is 43.1 Å². The van der Waals surface area contributed by atoms with Gasteiger partial charge in [0.1, 0.15) is 5.75 Å². The molecule has 0 bridgehead atoms. The van der Waals surface area contributed by atoms with E-state index in [1.807, 2.05) is 18.2 Å². The van der Waals surface area contributed by atoms with Crippen LogP contribution in [0.5, 0.6) is 5.75 Å². The summed E-state index contributed by atoms with van der Waals surface area (Å²) in [4.78, 5) is 0. The molecule has 0 aromatic heterocycles. The first-order valence-electron chi connectivity index (χ1n) is 7.47. The molecule has 2 nitrogen and oxygen atoms in total. The van der Waals surface area contributed by atoms with Crippen LogP contribution in [0.1, 0.15) is 52.0 Å². The zero-order chi connectivity index (χ0) is 13.9. The highest BCUT2D eigenvalue weighted by Crippen LogP contribution is 2.37. The summed E-state index contributed by atoms with van der Waals surface area (Å²) >= 11 is 0. The minimum atomic E-state index is 0.401. The highest BCUT2D eigenvalue weighted by atomic mass is 16.3. The second kappa shape index (κ2) is 5.96. The number of phenolic OH excluding ortho intramolecular Hbond substituents is 1. The maximum Gasteiger partial charge on any atom is 0.120 e. The summed E-state index contributed by atoms with van der Waals surface area (Å²) in [5, 5.41) is 13.3. The van der Waals surface area contributed by atoms with E-state index in [1.165, 1.54) is 25.7 Å². The van der Waals surface area contributed by atoms with Gasteiger partial charge in [-0.15, -0.1) is 0 Å². The number of para-hydroxylation sites is 1. The van der Waals surface area contributed by atoms with E-state index in [0.717, 1.165) is 18.0 Å². The van der Waals surface area contributed by atoms with Gasteiger partial charge in [0, 0.05) is 18.2 Å². The second-order valence-electron chi connectivity index (χ2n) is 6.92. The quantitative estimate of drug-likeness (QED) is 0.859. The molecule has 2 rings (SSSR count). The molecular formula is C17H27NO. The Morgan fingerprint density at radius 3 is 2.32 bits per heavy atom. The van der Waals surface area contributed by atoms with E-state index < -0.39 is 0 Å². The van der Waals surface area contributed by atoms with Crippen LogP contribution >= 0.6 is 0 Å². The largest absolute Gasteiger partial charge is 0.508 e. The third kappa shape index (κ3) is 3.97. The highest BCUT2D eigenvalue weighted by molar-refractivity contribution is 5.31. The SMILES string of the molecule is CC(C)(C)C1CCC(NCc2ccccc2O)CC1. The standard InChI is InChI=1S/C17H27NO/c1-17(2,3)14-8-10-15(11-9-14)18-12-13-6-4-5-7-16(13)19/h4-7,14-15,18-19H,8-12H2,1-3H3. The number of aromatic hydroxyl groups is 1. The van der Waals surface area contributed by atoms with Crippen molar-refractivity contribution in [2.24, 2.45) is 11.3 Å². The van der Waals surface area contributed by atoms with Crippen LogP contribution < -0.4 is 5.32 Å². The van der Waals surface area contributed by atoms with Crippen molar-refractivity contribution in [2.45, 2.75) is 59.0 Å². The van der Waals surface area contributed by atoms with Crippen molar-refractivity contribution in [3.05, 3.63) is 29.8 Å². The van der Waals surface area contributed by atoms with Crippen LogP contribution in [0.4, 0.5) is 0 Å². The Kier molecular flexibility index (Phi) is 4.51. The van der Waals surface area contributed by atoms with E-state index in [0.29, 0.717) is 17.2 Å². The summed E-state index contributed by atoms with van der Waals surface area (Å²) in [7, 11) is 0. The Balaban J connectivity index is 1.79. The maximum absolute atomic E-state index is 9.75. The van der Waals surface area contributed by atoms with E-state index in [2.05, 4.69) is 26.1 Å². The van der Waals surface area contributed by atoms with E-state index >= 15 is 0 Å². The average Bonchev–Trinajstić information content (AvgIpc) is 2.37. The third-order valence-corrected chi connectivity index (χ3v) is 4.52. The Labute approximate surface area is 117 Å². The monoisotopic (exact) mass is 261 g/mol. The minimum absolute atomic E-state index is 0.401. The lowest BCUT2D eigenvalue weighted by Crippen LogP contribution is -2.35. The summed E-state index contributed by atoms with van der Waals surface area (Å²) in [6, 6.07) is 8.20. The fourth-order valence-electron chi connectivity index (χ4n) is 3.08. The molecule has 106 valence electrons. The van der Waals surface area contributed by atoms with Crippen molar-refractivity contribution in [1.82, 2.24) is 5.32 Å². The molecule has 2 N–H and O–H groups in total. The van der Waals surface area contributed by atoms with Crippen molar-refractivity contribution in [3.63, 3.8) is 0 Å². The number of hydrogen-bond acceptors (Lipinski definition) is 2. The van der Waals surface area contributed by atoms with Crippen molar-refractivity contribution < 1.29 is 5.11 Å². The molecule has 0 unspecified atom stereocenters. The molecule has 2 heteroatoms. The molecule has 0 atom stereocenters. The molecule has 0 spiro atoms. The highest BCUT2D eigenvalue weighted by Gasteiger charge is 2.29. The molecule has 1 aromatic rings. The van der Waals surface area contributed by atoms with Crippen LogP contribution in [0.3, 0.4) is 0 Å². The lowest BCUT2D eigenvalue weighted by atomic mass is 9.71. The van der Waals surface area contributed by atoms with Gasteiger partial charge in [-0.2, -0.15) is 0 Å². The zero-order valence-electron chi connectivity index (χ0n) is 12.4. The van der Waals surface area contributed by atoms with Crippen molar-refractivity contribution >= 4 is 0 Å². The summed E-state index contributed by atoms with van der Waals surface area (Å²) in [6.07, 6.45) is 5.16. The molecule has 0 radical (unpaired) electrons. The van der Waals surface area contributed by atoms with E-state index in [1.54, 1.807) is 6.07 Å². The number of rotatable bonds is 3. The molecule has 0 saturated heterocycles. The van der Waals surface area contributed by atoms with Crippen LogP contribution in [0.2, 0.25) is 0 Å². The first kappa shape index (κ1) is 14.4. The normalized spacial score (nSPS) is 24.4. The average molecular weight is 261 g/mol. The molecule has 1 aliphatic rings. The summed E-state index contributed by atoms with van der Waals surface area (Å²) in [5.74, 6) is 1.26. The smallest absolute Gasteiger partial charge is 0.120 e. The number of phenols is 1. The van der Waals surface area contributed by atoms with Crippen LogP contribution in [0.15, 0.2) is 24.3 Å². The van der Waals surface area contributed by atoms with Gasteiger partial charge in [0.05, 0.1) is 0 Å². The van der Waals surface area contributed by atoms with E-state index in [-0.39, 0.29) is 0 Å². The van der Waals surface area contributed by atoms with Crippen LogP contribution in [-0.4, -0.2) is 11.1 Å². The summed E-state index contributed by atoms with van der Waals surface area (Å²) in [5.41, 5.74) is 1.45. The van der Waals surface area contributed by atoms with Gasteiger partial charge in [-0.25, -0.2) is 0 Å². The first-order chi connectivity index (χ1) is 8.97. The van der Waals surface area contributed by atoms with Gasteiger partial charge in [-0.3, -0.25) is 0 Å². The topological polar surface area (TPSA) is 32.3 Å². The van der Waals surface area contributed by atoms with Gasteiger partial charge in [-0.1, -0.05) is 39.0 Å². The van der Waals surface area contributed by atoms with Crippen molar-refractivity contribution in [2.75, 3.05) is 0 Å². The zero-order valence-corrected chi connectivity index (χ0v) is 12.4. The van der Waals surface area contributed by atoms with Crippen molar-refractivity contribution in [1.29, 1.82) is 0 Å². The fraction of sp³-hybridized carbons (Fsp3) is 0.647. The van der Waals surface area contributed by atoms with E-state index in [4.69, 9.17) is 0 Å². The predicted molar refractivity (Wildman–Crippen MR) is 80.1 cm³/mol. The Morgan fingerprint density at radius 2 is 1.74 bits per heavy atom. The Hall–Kier alpha value is -1.02. The van der Waals surface area contributed by atoms with Crippen LogP contribution in [-0.2, 0) is 6.54 Å². The first-order valence-corrected chi connectivity index (χ1v) is 7.47. The molecule has 19 heavy (non-hydrogen) atoms. The molecule has 0 heterocycles. The van der Waals surface area contributed by atoms with Gasteiger partial charge in [0.2, 0.25) is 0 Å². The fourth-order valence-corrected chi connectivity index (χ4v) is 3.08. The third-order valence-electron chi connectivity index (χ3n) is 4.52. The Morgan fingerprint density at radius 1 is 1.11 bits per heavy atom. The lowest BCUT2D eigenvalue weighted by Gasteiger charge is -2.37. The van der Waals surface area contributed by atoms with Crippen LogP contribution in [0.25, 0.3) is 0 Å². The molecule has 0 aliphatic heterocycles. The molecule has 1 aromatic carbocycles. The lowest BCUT2D eigenvalue weighted by molar-refractivity contribution is 0.160. The Bertz CT molecular complexity index is 400. The molecule has 1 fully saturated rings. The van der Waals surface area contributed by atoms with Gasteiger partial charge >= 0.3 is 0 Å². The summed E-state index contributed by atoms with van der Waals surface area (Å²) < 4.78 is 0. The van der Waals surface area contributed by atoms with Crippen molar-refractivity contribution in [3.8, 4) is 5.75 Å². The summed E-state index contributed by atoms with van der Waals surface area (Å²) in [6.45, 7) is 7.84. The minimum Gasteiger partial charge on any atom is -0.508 e. The number of hydrogen-bond donors (Lipinski definition) is 2. The number of benzene rings is 1. The predicted octanol–water partition coefficient (Wildman–Crippen LogP) is 4.09. The molecule has 1 saturated carbocycles. The molecular weight excluding hydrogens is 234 g/mol. The second-order valence-corrected chi connectivity index (χ2v) is 6.92. The number of nitrogens with one attached hydrogen (secondary N) is 1. The van der Waals surface area contributed by atoms with E-state index in [9.17, 15) is 5.11 Å². The van der Waals surface area contributed by atoms with Crippen LogP contribution in [0, 0.1) is 11.3 Å². The van der Waals surface area contributed by atoms with Gasteiger partial charge in [0.15, 0.2) is 0 Å². The van der Waals surface area contributed by atoms with Gasteiger partial charge < -0.3 is 10.4 Å².